The fraction of sp³-hybridized carbons (Fsp3) is 0.400. The average Bonchev–Trinajstić information content (AvgIpc) is 2.58. The summed E-state index contributed by atoms with van der Waals surface area (Å²) in [4.78, 5) is 0. The topological polar surface area (TPSA) is 9.23 Å². The maximum absolute atomic E-state index is 14.0. The minimum atomic E-state index is -0.296. The standard InChI is InChI=1S/C20H23FO/c1-2-22-20-13-12-18(14-19(20)21)17-10-8-16(9-11-17)15-6-4-3-5-7-15/h8-15H,2-7H2,1H3. The summed E-state index contributed by atoms with van der Waals surface area (Å²) >= 11 is 0. The summed E-state index contributed by atoms with van der Waals surface area (Å²) in [5, 5.41) is 0. The van der Waals surface area contributed by atoms with E-state index in [9.17, 15) is 4.39 Å². The Kier molecular flexibility index (Phi) is 4.77. The van der Waals surface area contributed by atoms with E-state index < -0.39 is 0 Å². The molecule has 1 aliphatic rings. The Balaban J connectivity index is 1.78. The second-order valence-electron chi connectivity index (χ2n) is 6.04. The van der Waals surface area contributed by atoms with E-state index in [0.29, 0.717) is 18.3 Å². The largest absolute Gasteiger partial charge is 0.491 e. The average molecular weight is 298 g/mol. The van der Waals surface area contributed by atoms with Crippen LogP contribution in [-0.2, 0) is 0 Å². The third-order valence-electron chi connectivity index (χ3n) is 4.55. The van der Waals surface area contributed by atoms with Crippen LogP contribution in [0.5, 0.6) is 5.75 Å². The van der Waals surface area contributed by atoms with Crippen molar-refractivity contribution >= 4 is 0 Å². The van der Waals surface area contributed by atoms with E-state index in [4.69, 9.17) is 4.74 Å². The van der Waals surface area contributed by atoms with Crippen LogP contribution in [0.1, 0.15) is 50.5 Å². The SMILES string of the molecule is CCOc1ccc(-c2ccc(C3CCCCC3)cc2)cc1F. The third kappa shape index (κ3) is 3.32. The number of hydrogen-bond donors (Lipinski definition) is 0. The zero-order valence-corrected chi connectivity index (χ0v) is 13.1. The summed E-state index contributed by atoms with van der Waals surface area (Å²) in [7, 11) is 0. The van der Waals surface area contributed by atoms with Crippen molar-refractivity contribution in [1.29, 1.82) is 0 Å². The molecule has 2 aromatic carbocycles. The minimum absolute atomic E-state index is 0.296. The molecule has 0 spiro atoms. The molecule has 2 heteroatoms. The molecule has 1 saturated carbocycles. The summed E-state index contributed by atoms with van der Waals surface area (Å²) in [5.41, 5.74) is 3.38. The van der Waals surface area contributed by atoms with Crippen molar-refractivity contribution in [2.24, 2.45) is 0 Å². The molecule has 116 valence electrons. The normalized spacial score (nSPS) is 15.7. The van der Waals surface area contributed by atoms with E-state index in [1.807, 2.05) is 13.0 Å². The molecule has 1 aliphatic carbocycles. The lowest BCUT2D eigenvalue weighted by molar-refractivity contribution is 0.321. The maximum atomic E-state index is 14.0. The number of benzene rings is 2. The van der Waals surface area contributed by atoms with Crippen molar-refractivity contribution in [2.45, 2.75) is 44.9 Å². The quantitative estimate of drug-likeness (QED) is 0.678. The molecule has 0 atom stereocenters. The van der Waals surface area contributed by atoms with Gasteiger partial charge in [-0.3, -0.25) is 0 Å². The lowest BCUT2D eigenvalue weighted by Gasteiger charge is -2.22. The predicted octanol–water partition coefficient (Wildman–Crippen LogP) is 5.94. The molecular weight excluding hydrogens is 275 g/mol. The third-order valence-corrected chi connectivity index (χ3v) is 4.55. The Morgan fingerprint density at radius 3 is 2.27 bits per heavy atom. The van der Waals surface area contributed by atoms with Crippen LogP contribution in [0, 0.1) is 5.82 Å². The van der Waals surface area contributed by atoms with Crippen molar-refractivity contribution in [3.63, 3.8) is 0 Å². The number of hydrogen-bond acceptors (Lipinski definition) is 1. The van der Waals surface area contributed by atoms with Crippen molar-refractivity contribution in [2.75, 3.05) is 6.61 Å². The van der Waals surface area contributed by atoms with Crippen molar-refractivity contribution in [1.82, 2.24) is 0 Å². The van der Waals surface area contributed by atoms with Gasteiger partial charge in [0.1, 0.15) is 0 Å². The summed E-state index contributed by atoms with van der Waals surface area (Å²) in [6, 6.07) is 13.8. The van der Waals surface area contributed by atoms with Crippen LogP contribution in [0.2, 0.25) is 0 Å². The van der Waals surface area contributed by atoms with Crippen LogP contribution in [-0.4, -0.2) is 6.61 Å². The van der Waals surface area contributed by atoms with Gasteiger partial charge in [0.2, 0.25) is 0 Å². The van der Waals surface area contributed by atoms with Crippen LogP contribution < -0.4 is 4.74 Å². The first kappa shape index (κ1) is 15.1. The molecule has 1 nitrogen and oxygen atoms in total. The molecule has 0 aliphatic heterocycles. The van der Waals surface area contributed by atoms with E-state index in [-0.39, 0.29) is 5.82 Å². The second kappa shape index (κ2) is 6.95. The van der Waals surface area contributed by atoms with Crippen LogP contribution in [0.25, 0.3) is 11.1 Å². The molecule has 2 aromatic rings. The van der Waals surface area contributed by atoms with Gasteiger partial charge in [-0.2, -0.15) is 0 Å². The summed E-state index contributed by atoms with van der Waals surface area (Å²) in [6.45, 7) is 2.34. The molecule has 3 rings (SSSR count). The fourth-order valence-corrected chi connectivity index (χ4v) is 3.34. The minimum Gasteiger partial charge on any atom is -0.491 e. The maximum Gasteiger partial charge on any atom is 0.165 e. The van der Waals surface area contributed by atoms with Gasteiger partial charge in [-0.05, 0) is 54.5 Å². The van der Waals surface area contributed by atoms with Crippen LogP contribution in [0.3, 0.4) is 0 Å². The Morgan fingerprint density at radius 2 is 1.64 bits per heavy atom. The van der Waals surface area contributed by atoms with Crippen molar-refractivity contribution < 1.29 is 9.13 Å². The molecule has 0 radical (unpaired) electrons. The van der Waals surface area contributed by atoms with Gasteiger partial charge in [0.25, 0.3) is 0 Å². The Hall–Kier alpha value is -1.83. The second-order valence-corrected chi connectivity index (χ2v) is 6.04. The zero-order chi connectivity index (χ0) is 15.4. The molecule has 0 amide bonds. The van der Waals surface area contributed by atoms with E-state index in [0.717, 1.165) is 11.1 Å². The molecule has 22 heavy (non-hydrogen) atoms. The van der Waals surface area contributed by atoms with Gasteiger partial charge in [-0.15, -0.1) is 0 Å². The summed E-state index contributed by atoms with van der Waals surface area (Å²) in [5.74, 6) is 0.737. The molecule has 0 heterocycles. The van der Waals surface area contributed by atoms with E-state index in [1.165, 1.54) is 37.7 Å². The van der Waals surface area contributed by atoms with Crippen LogP contribution in [0.4, 0.5) is 4.39 Å². The van der Waals surface area contributed by atoms with Gasteiger partial charge in [0, 0.05) is 0 Å². The number of halogens is 1. The molecule has 0 aromatic heterocycles. The van der Waals surface area contributed by atoms with Crippen molar-refractivity contribution in [3.8, 4) is 16.9 Å². The lowest BCUT2D eigenvalue weighted by atomic mass is 9.84. The predicted molar refractivity (Wildman–Crippen MR) is 88.8 cm³/mol. The molecule has 0 bridgehead atoms. The fourth-order valence-electron chi connectivity index (χ4n) is 3.34. The summed E-state index contributed by atoms with van der Waals surface area (Å²) < 4.78 is 19.2. The molecular formula is C20H23FO. The highest BCUT2D eigenvalue weighted by Gasteiger charge is 2.15. The first-order valence-electron chi connectivity index (χ1n) is 8.30. The highest BCUT2D eigenvalue weighted by Crippen LogP contribution is 2.34. The number of ether oxygens (including phenoxy) is 1. The lowest BCUT2D eigenvalue weighted by Crippen LogP contribution is -2.04. The first-order chi connectivity index (χ1) is 10.8. The van der Waals surface area contributed by atoms with E-state index >= 15 is 0 Å². The van der Waals surface area contributed by atoms with Crippen molar-refractivity contribution in [3.05, 3.63) is 53.8 Å². The number of rotatable bonds is 4. The zero-order valence-electron chi connectivity index (χ0n) is 13.1. The monoisotopic (exact) mass is 298 g/mol. The van der Waals surface area contributed by atoms with Gasteiger partial charge in [0.05, 0.1) is 6.61 Å². The van der Waals surface area contributed by atoms with Gasteiger partial charge in [-0.25, -0.2) is 4.39 Å². The highest BCUT2D eigenvalue weighted by molar-refractivity contribution is 5.64. The van der Waals surface area contributed by atoms with Crippen LogP contribution >= 0.6 is 0 Å². The summed E-state index contributed by atoms with van der Waals surface area (Å²) in [6.07, 6.45) is 6.67. The van der Waals surface area contributed by atoms with Gasteiger partial charge in [0.15, 0.2) is 11.6 Å². The van der Waals surface area contributed by atoms with Gasteiger partial charge < -0.3 is 4.74 Å². The van der Waals surface area contributed by atoms with E-state index in [2.05, 4.69) is 24.3 Å². The smallest absolute Gasteiger partial charge is 0.165 e. The molecule has 0 unspecified atom stereocenters. The molecule has 0 N–H and O–H groups in total. The van der Waals surface area contributed by atoms with E-state index in [1.54, 1.807) is 12.1 Å². The Bertz CT molecular complexity index is 612. The molecule has 0 saturated heterocycles. The van der Waals surface area contributed by atoms with Gasteiger partial charge in [-0.1, -0.05) is 49.6 Å². The van der Waals surface area contributed by atoms with Crippen LogP contribution in [0.15, 0.2) is 42.5 Å². The highest BCUT2D eigenvalue weighted by atomic mass is 19.1. The van der Waals surface area contributed by atoms with Gasteiger partial charge >= 0.3 is 0 Å². The molecule has 1 fully saturated rings. The first-order valence-corrected chi connectivity index (χ1v) is 8.30. The Morgan fingerprint density at radius 1 is 0.955 bits per heavy atom. The Labute approximate surface area is 132 Å².